The second-order valence-corrected chi connectivity index (χ2v) is 3.15. The van der Waals surface area contributed by atoms with Gasteiger partial charge in [0.15, 0.2) is 0 Å². The van der Waals surface area contributed by atoms with Gasteiger partial charge >= 0.3 is 0 Å². The third-order valence-corrected chi connectivity index (χ3v) is 2.13. The largest absolute Gasteiger partial charge is 0.364 e. The summed E-state index contributed by atoms with van der Waals surface area (Å²) < 4.78 is 1.81. The van der Waals surface area contributed by atoms with E-state index in [1.165, 1.54) is 0 Å². The lowest BCUT2D eigenvalue weighted by Gasteiger charge is -2.05. The summed E-state index contributed by atoms with van der Waals surface area (Å²) in [6.45, 7) is 0. The number of nitrogens with two attached hydrogens (primary N) is 1. The van der Waals surface area contributed by atoms with Crippen LogP contribution in [0.3, 0.4) is 0 Å². The molecule has 0 aliphatic heterocycles. The van der Waals surface area contributed by atoms with Gasteiger partial charge in [-0.25, -0.2) is 4.98 Å². The first-order valence-corrected chi connectivity index (χ1v) is 4.41. The number of imidazole rings is 1. The molecule has 5 heteroatoms. The van der Waals surface area contributed by atoms with Crippen LogP contribution in [0.4, 0.5) is 0 Å². The number of hydrogen-bond acceptors (Lipinski definition) is 3. The van der Waals surface area contributed by atoms with Gasteiger partial charge in [0.1, 0.15) is 5.69 Å². The Kier molecular flexibility index (Phi) is 2.21. The van der Waals surface area contributed by atoms with Crippen LogP contribution in [0.2, 0.25) is 0 Å². The molecule has 2 rings (SSSR count). The highest BCUT2D eigenvalue weighted by Gasteiger charge is 2.12. The number of aromatic nitrogens is 3. The molecule has 2 aromatic heterocycles. The van der Waals surface area contributed by atoms with Gasteiger partial charge in [0, 0.05) is 18.8 Å². The van der Waals surface area contributed by atoms with Crippen LogP contribution in [0, 0.1) is 0 Å². The van der Waals surface area contributed by atoms with E-state index in [9.17, 15) is 4.79 Å². The van der Waals surface area contributed by atoms with Gasteiger partial charge < -0.3 is 10.3 Å². The molecule has 0 aliphatic rings. The summed E-state index contributed by atoms with van der Waals surface area (Å²) in [7, 11) is 1.85. The average Bonchev–Trinajstić information content (AvgIpc) is 2.64. The molecule has 0 radical (unpaired) electrons. The second-order valence-electron chi connectivity index (χ2n) is 3.15. The maximum Gasteiger partial charge on any atom is 0.268 e. The molecule has 0 spiro atoms. The molecule has 0 fully saturated rings. The van der Waals surface area contributed by atoms with Crippen molar-refractivity contribution in [2.75, 3.05) is 0 Å². The minimum absolute atomic E-state index is 0.265. The quantitative estimate of drug-likeness (QED) is 0.774. The standard InChI is InChI=1S/C10H10N4O/c1-14-6-12-5-8(14)7-3-2-4-13-9(7)10(11)15/h2-6H,1H3,(H2,11,15). The fraction of sp³-hybridized carbons (Fsp3) is 0.100. The molecular formula is C10H10N4O. The Bertz CT molecular complexity index is 504. The highest BCUT2D eigenvalue weighted by Crippen LogP contribution is 2.20. The number of carbonyl (C=O) groups is 1. The zero-order valence-corrected chi connectivity index (χ0v) is 8.21. The molecule has 0 unspecified atom stereocenters. The van der Waals surface area contributed by atoms with E-state index >= 15 is 0 Å². The third kappa shape index (κ3) is 1.59. The van der Waals surface area contributed by atoms with Crippen LogP contribution in [0.25, 0.3) is 11.3 Å². The minimum atomic E-state index is -0.535. The predicted molar refractivity (Wildman–Crippen MR) is 55.0 cm³/mol. The van der Waals surface area contributed by atoms with Crippen LogP contribution < -0.4 is 5.73 Å². The van der Waals surface area contributed by atoms with Gasteiger partial charge in [0.25, 0.3) is 5.91 Å². The normalized spacial score (nSPS) is 10.2. The van der Waals surface area contributed by atoms with Crippen molar-refractivity contribution in [1.29, 1.82) is 0 Å². The fourth-order valence-electron chi connectivity index (χ4n) is 1.43. The Morgan fingerprint density at radius 2 is 2.33 bits per heavy atom. The zero-order valence-electron chi connectivity index (χ0n) is 8.21. The van der Waals surface area contributed by atoms with Gasteiger partial charge in [-0.3, -0.25) is 9.78 Å². The zero-order chi connectivity index (χ0) is 10.8. The average molecular weight is 202 g/mol. The highest BCUT2D eigenvalue weighted by atomic mass is 16.1. The van der Waals surface area contributed by atoms with Crippen molar-refractivity contribution in [2.24, 2.45) is 12.8 Å². The van der Waals surface area contributed by atoms with Crippen LogP contribution >= 0.6 is 0 Å². The van der Waals surface area contributed by atoms with E-state index in [0.29, 0.717) is 5.56 Å². The second kappa shape index (κ2) is 3.53. The van der Waals surface area contributed by atoms with Crippen molar-refractivity contribution in [3.05, 3.63) is 36.5 Å². The van der Waals surface area contributed by atoms with E-state index < -0.39 is 5.91 Å². The van der Waals surface area contributed by atoms with Crippen LogP contribution in [0.15, 0.2) is 30.9 Å². The van der Waals surface area contributed by atoms with E-state index in [1.807, 2.05) is 11.6 Å². The van der Waals surface area contributed by atoms with Gasteiger partial charge in [-0.05, 0) is 12.1 Å². The first-order valence-electron chi connectivity index (χ1n) is 4.41. The Labute approximate surface area is 86.6 Å². The molecule has 2 aromatic rings. The number of amides is 1. The summed E-state index contributed by atoms with van der Waals surface area (Å²) in [5, 5.41) is 0. The smallest absolute Gasteiger partial charge is 0.268 e. The molecule has 76 valence electrons. The van der Waals surface area contributed by atoms with E-state index in [4.69, 9.17) is 5.73 Å². The van der Waals surface area contributed by atoms with Crippen molar-refractivity contribution >= 4 is 5.91 Å². The summed E-state index contributed by atoms with van der Waals surface area (Å²) in [5.74, 6) is -0.535. The summed E-state index contributed by atoms with van der Waals surface area (Å²) >= 11 is 0. The van der Waals surface area contributed by atoms with Crippen LogP contribution in [-0.2, 0) is 7.05 Å². The maximum absolute atomic E-state index is 11.2. The van der Waals surface area contributed by atoms with Crippen molar-refractivity contribution < 1.29 is 4.79 Å². The molecule has 5 nitrogen and oxygen atoms in total. The van der Waals surface area contributed by atoms with Gasteiger partial charge in [-0.1, -0.05) is 0 Å². The topological polar surface area (TPSA) is 73.8 Å². The Morgan fingerprint density at radius 1 is 1.53 bits per heavy atom. The summed E-state index contributed by atoms with van der Waals surface area (Å²) in [4.78, 5) is 19.1. The van der Waals surface area contributed by atoms with E-state index in [-0.39, 0.29) is 5.69 Å². The van der Waals surface area contributed by atoms with Crippen molar-refractivity contribution in [3.8, 4) is 11.3 Å². The van der Waals surface area contributed by atoms with Crippen LogP contribution in [-0.4, -0.2) is 20.4 Å². The number of pyridine rings is 1. The molecule has 2 heterocycles. The first-order chi connectivity index (χ1) is 7.20. The van der Waals surface area contributed by atoms with Gasteiger partial charge in [0.05, 0.1) is 18.2 Å². The fourth-order valence-corrected chi connectivity index (χ4v) is 1.43. The van der Waals surface area contributed by atoms with E-state index in [2.05, 4.69) is 9.97 Å². The number of rotatable bonds is 2. The van der Waals surface area contributed by atoms with Gasteiger partial charge in [-0.2, -0.15) is 0 Å². The first kappa shape index (κ1) is 9.39. The van der Waals surface area contributed by atoms with Crippen LogP contribution in [0.5, 0.6) is 0 Å². The predicted octanol–water partition coefficient (Wildman–Crippen LogP) is 0.581. The molecule has 1 amide bonds. The molecule has 0 bridgehead atoms. The lowest BCUT2D eigenvalue weighted by molar-refractivity contribution is 0.0996. The minimum Gasteiger partial charge on any atom is -0.364 e. The summed E-state index contributed by atoms with van der Waals surface area (Å²) in [6.07, 6.45) is 4.87. The molecule has 0 saturated heterocycles. The molecule has 2 N–H and O–H groups in total. The van der Waals surface area contributed by atoms with Crippen LogP contribution in [0.1, 0.15) is 10.5 Å². The molecule has 0 saturated carbocycles. The van der Waals surface area contributed by atoms with E-state index in [0.717, 1.165) is 5.69 Å². The third-order valence-electron chi connectivity index (χ3n) is 2.13. The molecule has 15 heavy (non-hydrogen) atoms. The molecule has 0 aromatic carbocycles. The van der Waals surface area contributed by atoms with Crippen molar-refractivity contribution in [1.82, 2.24) is 14.5 Å². The number of primary amides is 1. The molecule has 0 atom stereocenters. The van der Waals surface area contributed by atoms with E-state index in [1.54, 1.807) is 30.9 Å². The number of hydrogen-bond donors (Lipinski definition) is 1. The number of carbonyl (C=O) groups excluding carboxylic acids is 1. The number of aryl methyl sites for hydroxylation is 1. The highest BCUT2D eigenvalue weighted by molar-refractivity contribution is 5.97. The summed E-state index contributed by atoms with van der Waals surface area (Å²) in [5.41, 5.74) is 7.02. The lowest BCUT2D eigenvalue weighted by Crippen LogP contribution is -2.14. The molecular weight excluding hydrogens is 192 g/mol. The van der Waals surface area contributed by atoms with Crippen molar-refractivity contribution in [2.45, 2.75) is 0 Å². The Morgan fingerprint density at radius 3 is 2.93 bits per heavy atom. The number of nitrogens with zero attached hydrogens (tertiary/aromatic N) is 3. The monoisotopic (exact) mass is 202 g/mol. The SMILES string of the molecule is Cn1cncc1-c1cccnc1C(N)=O. The summed E-state index contributed by atoms with van der Waals surface area (Å²) in [6, 6.07) is 3.55. The Hall–Kier alpha value is -2.17. The van der Waals surface area contributed by atoms with Gasteiger partial charge in [0.2, 0.25) is 0 Å². The Balaban J connectivity index is 2.63. The van der Waals surface area contributed by atoms with Crippen molar-refractivity contribution in [3.63, 3.8) is 0 Å². The molecule has 0 aliphatic carbocycles. The lowest BCUT2D eigenvalue weighted by atomic mass is 10.1. The van der Waals surface area contributed by atoms with Gasteiger partial charge in [-0.15, -0.1) is 0 Å². The maximum atomic E-state index is 11.2.